The van der Waals surface area contributed by atoms with Crippen LogP contribution in [-0.4, -0.2) is 19.4 Å². The summed E-state index contributed by atoms with van der Waals surface area (Å²) in [5.74, 6) is 0. The topological polar surface area (TPSA) is 30.5 Å². The summed E-state index contributed by atoms with van der Waals surface area (Å²) in [5.41, 5.74) is 2.36. The smallest absolute Gasteiger partial charge is 0.177 e. The van der Waals surface area contributed by atoms with Gasteiger partial charge in [0.05, 0.1) is 18.8 Å². The van der Waals surface area contributed by atoms with E-state index in [9.17, 15) is 0 Å². The highest BCUT2D eigenvalue weighted by Gasteiger charge is 2.29. The van der Waals surface area contributed by atoms with Gasteiger partial charge in [0, 0.05) is 6.54 Å². The summed E-state index contributed by atoms with van der Waals surface area (Å²) >= 11 is 0. The van der Waals surface area contributed by atoms with Crippen molar-refractivity contribution in [2.45, 2.75) is 25.4 Å². The molecule has 0 saturated carbocycles. The van der Waals surface area contributed by atoms with Gasteiger partial charge in [0.25, 0.3) is 0 Å². The van der Waals surface area contributed by atoms with E-state index in [4.69, 9.17) is 9.47 Å². The van der Waals surface area contributed by atoms with Gasteiger partial charge in [-0.05, 0) is 18.1 Å². The van der Waals surface area contributed by atoms with Crippen molar-refractivity contribution < 1.29 is 9.47 Å². The molecule has 3 nitrogen and oxygen atoms in total. The minimum Gasteiger partial charge on any atom is -0.349 e. The Labute approximate surface area is 125 Å². The van der Waals surface area contributed by atoms with E-state index in [1.165, 1.54) is 11.1 Å². The SMILES string of the molecule is CC(OC1OCCNC1c1ccccc1)c1ccccc1. The summed E-state index contributed by atoms with van der Waals surface area (Å²) in [6, 6.07) is 20.6. The first kappa shape index (κ1) is 14.3. The molecule has 0 aromatic heterocycles. The predicted octanol–water partition coefficient (Wildman–Crippen LogP) is 3.45. The van der Waals surface area contributed by atoms with Crippen LogP contribution in [-0.2, 0) is 9.47 Å². The molecule has 3 atom stereocenters. The van der Waals surface area contributed by atoms with Crippen molar-refractivity contribution in [3.05, 3.63) is 71.8 Å². The molecule has 2 aromatic rings. The van der Waals surface area contributed by atoms with Crippen molar-refractivity contribution in [2.75, 3.05) is 13.2 Å². The maximum Gasteiger partial charge on any atom is 0.177 e. The van der Waals surface area contributed by atoms with Gasteiger partial charge in [0.1, 0.15) is 0 Å². The fourth-order valence-corrected chi connectivity index (χ4v) is 2.64. The Hall–Kier alpha value is -1.68. The number of ether oxygens (including phenoxy) is 2. The molecule has 1 aliphatic rings. The quantitative estimate of drug-likeness (QED) is 0.932. The van der Waals surface area contributed by atoms with Gasteiger partial charge in [0.2, 0.25) is 0 Å². The van der Waals surface area contributed by atoms with Crippen molar-refractivity contribution >= 4 is 0 Å². The predicted molar refractivity (Wildman–Crippen MR) is 82.9 cm³/mol. The summed E-state index contributed by atoms with van der Waals surface area (Å²) in [6.07, 6.45) is -0.265. The van der Waals surface area contributed by atoms with Crippen molar-refractivity contribution in [1.29, 1.82) is 0 Å². The Morgan fingerprint density at radius 2 is 1.71 bits per heavy atom. The molecule has 0 amide bonds. The molecule has 0 aliphatic carbocycles. The van der Waals surface area contributed by atoms with Gasteiger partial charge in [-0.25, -0.2) is 0 Å². The van der Waals surface area contributed by atoms with E-state index in [2.05, 4.69) is 36.5 Å². The van der Waals surface area contributed by atoms with Crippen LogP contribution in [0.25, 0.3) is 0 Å². The normalized spacial score (nSPS) is 23.7. The fourth-order valence-electron chi connectivity index (χ4n) is 2.64. The molecule has 1 saturated heterocycles. The summed E-state index contributed by atoms with van der Waals surface area (Å²) in [5, 5.41) is 3.49. The van der Waals surface area contributed by atoms with Crippen LogP contribution in [0.5, 0.6) is 0 Å². The number of hydrogen-bond donors (Lipinski definition) is 1. The van der Waals surface area contributed by atoms with Crippen LogP contribution in [0.1, 0.15) is 30.2 Å². The van der Waals surface area contributed by atoms with Gasteiger partial charge < -0.3 is 14.8 Å². The van der Waals surface area contributed by atoms with Gasteiger partial charge >= 0.3 is 0 Å². The summed E-state index contributed by atoms with van der Waals surface area (Å²) in [7, 11) is 0. The van der Waals surface area contributed by atoms with E-state index in [0.29, 0.717) is 6.61 Å². The van der Waals surface area contributed by atoms with Gasteiger partial charge in [-0.15, -0.1) is 0 Å². The Morgan fingerprint density at radius 1 is 1.05 bits per heavy atom. The molecule has 0 bridgehead atoms. The van der Waals surface area contributed by atoms with Crippen molar-refractivity contribution in [3.8, 4) is 0 Å². The lowest BCUT2D eigenvalue weighted by Crippen LogP contribution is -2.43. The third-order valence-corrected chi connectivity index (χ3v) is 3.79. The number of rotatable bonds is 4. The number of benzene rings is 2. The van der Waals surface area contributed by atoms with Gasteiger partial charge in [-0.3, -0.25) is 0 Å². The Kier molecular flexibility index (Phi) is 4.65. The minimum absolute atomic E-state index is 0.00214. The highest BCUT2D eigenvalue weighted by molar-refractivity contribution is 5.20. The summed E-state index contributed by atoms with van der Waals surface area (Å²) in [6.45, 7) is 3.59. The van der Waals surface area contributed by atoms with Gasteiger partial charge in [-0.1, -0.05) is 60.7 Å². The van der Waals surface area contributed by atoms with E-state index in [-0.39, 0.29) is 18.4 Å². The average Bonchev–Trinajstić information content (AvgIpc) is 2.57. The molecule has 1 fully saturated rings. The van der Waals surface area contributed by atoms with E-state index in [1.807, 2.05) is 36.4 Å². The molecule has 0 spiro atoms. The number of hydrogen-bond acceptors (Lipinski definition) is 3. The second-order valence-corrected chi connectivity index (χ2v) is 5.27. The number of nitrogens with one attached hydrogen (secondary N) is 1. The van der Waals surface area contributed by atoms with Gasteiger partial charge in [-0.2, -0.15) is 0 Å². The third kappa shape index (κ3) is 3.50. The molecule has 1 aliphatic heterocycles. The van der Waals surface area contributed by atoms with Crippen LogP contribution < -0.4 is 5.32 Å². The molecule has 0 radical (unpaired) electrons. The average molecular weight is 283 g/mol. The first-order valence-corrected chi connectivity index (χ1v) is 7.45. The second kappa shape index (κ2) is 6.85. The van der Waals surface area contributed by atoms with Crippen LogP contribution in [0.4, 0.5) is 0 Å². The summed E-state index contributed by atoms with van der Waals surface area (Å²) in [4.78, 5) is 0. The molecule has 3 heteroatoms. The lowest BCUT2D eigenvalue weighted by Gasteiger charge is -2.34. The van der Waals surface area contributed by atoms with Crippen LogP contribution in [0, 0.1) is 0 Å². The summed E-state index contributed by atoms with van der Waals surface area (Å²) < 4.78 is 12.0. The molecule has 21 heavy (non-hydrogen) atoms. The van der Waals surface area contributed by atoms with Crippen LogP contribution >= 0.6 is 0 Å². The minimum atomic E-state index is -0.267. The molecule has 1 heterocycles. The largest absolute Gasteiger partial charge is 0.349 e. The van der Waals surface area contributed by atoms with Crippen LogP contribution in [0.2, 0.25) is 0 Å². The van der Waals surface area contributed by atoms with E-state index < -0.39 is 0 Å². The maximum atomic E-state index is 6.16. The zero-order chi connectivity index (χ0) is 14.5. The van der Waals surface area contributed by atoms with E-state index in [1.54, 1.807) is 0 Å². The zero-order valence-corrected chi connectivity index (χ0v) is 12.2. The Bertz CT molecular complexity index is 544. The fraction of sp³-hybridized carbons (Fsp3) is 0.333. The maximum absolute atomic E-state index is 6.16. The second-order valence-electron chi connectivity index (χ2n) is 5.27. The molecular weight excluding hydrogens is 262 g/mol. The van der Waals surface area contributed by atoms with Crippen LogP contribution in [0.15, 0.2) is 60.7 Å². The first-order valence-electron chi connectivity index (χ1n) is 7.45. The standard InChI is InChI=1S/C18H21NO2/c1-14(15-8-4-2-5-9-15)21-18-17(19-12-13-20-18)16-10-6-3-7-11-16/h2-11,14,17-19H,12-13H2,1H3. The highest BCUT2D eigenvalue weighted by atomic mass is 16.7. The molecule has 2 aromatic carbocycles. The lowest BCUT2D eigenvalue weighted by molar-refractivity contribution is -0.200. The van der Waals surface area contributed by atoms with Crippen molar-refractivity contribution in [1.82, 2.24) is 5.32 Å². The zero-order valence-electron chi connectivity index (χ0n) is 12.2. The van der Waals surface area contributed by atoms with Crippen molar-refractivity contribution in [3.63, 3.8) is 0 Å². The lowest BCUT2D eigenvalue weighted by atomic mass is 10.1. The Balaban J connectivity index is 1.73. The molecular formula is C18H21NO2. The molecule has 110 valence electrons. The van der Waals surface area contributed by atoms with E-state index >= 15 is 0 Å². The molecule has 3 rings (SSSR count). The van der Waals surface area contributed by atoms with Crippen LogP contribution in [0.3, 0.4) is 0 Å². The molecule has 3 unspecified atom stereocenters. The highest BCUT2D eigenvalue weighted by Crippen LogP contribution is 2.27. The Morgan fingerprint density at radius 3 is 2.43 bits per heavy atom. The first-order chi connectivity index (χ1) is 10.3. The monoisotopic (exact) mass is 283 g/mol. The van der Waals surface area contributed by atoms with E-state index in [0.717, 1.165) is 6.54 Å². The third-order valence-electron chi connectivity index (χ3n) is 3.79. The van der Waals surface area contributed by atoms with Gasteiger partial charge in [0.15, 0.2) is 6.29 Å². The molecule has 1 N–H and O–H groups in total. The van der Waals surface area contributed by atoms with Crippen molar-refractivity contribution in [2.24, 2.45) is 0 Å². The number of morpholine rings is 1.